The molecule has 0 saturated carbocycles. The summed E-state index contributed by atoms with van der Waals surface area (Å²) in [5.74, 6) is 2.85. The summed E-state index contributed by atoms with van der Waals surface area (Å²) in [4.78, 5) is 17.0. The third-order valence-corrected chi connectivity index (χ3v) is 5.22. The number of ether oxygens (including phenoxy) is 1. The van der Waals surface area contributed by atoms with E-state index < -0.39 is 11.2 Å². The number of ketones is 1. The smallest absolute Gasteiger partial charge is 0.202 e. The monoisotopic (exact) mass is 431 g/mol. The minimum Gasteiger partial charge on any atom is -0.356 e. The van der Waals surface area contributed by atoms with Gasteiger partial charge in [-0.2, -0.15) is 0 Å². The van der Waals surface area contributed by atoms with Gasteiger partial charge in [-0.3, -0.25) is 4.79 Å². The Labute approximate surface area is 166 Å². The van der Waals surface area contributed by atoms with Crippen LogP contribution in [0.5, 0.6) is 0 Å². The van der Waals surface area contributed by atoms with Gasteiger partial charge >= 0.3 is 0 Å². The third-order valence-electron chi connectivity index (χ3n) is 4.30. The zero-order valence-corrected chi connectivity index (χ0v) is 17.4. The van der Waals surface area contributed by atoms with Crippen molar-refractivity contribution >= 4 is 44.9 Å². The highest BCUT2D eigenvalue weighted by Gasteiger charge is 2.49. The molecule has 1 fully saturated rings. The van der Waals surface area contributed by atoms with Crippen LogP contribution in [0.1, 0.15) is 27.7 Å². The minimum atomic E-state index is -0.857. The molecule has 1 aliphatic heterocycles. The predicted octanol–water partition coefficient (Wildman–Crippen LogP) is 6.15. The molecule has 3 rings (SSSR count). The van der Waals surface area contributed by atoms with Crippen molar-refractivity contribution in [1.82, 2.24) is 0 Å². The van der Waals surface area contributed by atoms with Crippen molar-refractivity contribution in [3.05, 3.63) is 57.5 Å². The molecule has 0 radical (unpaired) electrons. The second-order valence-corrected chi connectivity index (χ2v) is 8.51. The number of benzene rings is 2. The lowest BCUT2D eigenvalue weighted by Crippen LogP contribution is -2.29. The predicted molar refractivity (Wildman–Crippen MR) is 109 cm³/mol. The Morgan fingerprint density at radius 2 is 1.62 bits per heavy atom. The van der Waals surface area contributed by atoms with Crippen LogP contribution in [0.15, 0.2) is 57.5 Å². The third kappa shape index (κ3) is 3.70. The van der Waals surface area contributed by atoms with Crippen molar-refractivity contribution in [2.24, 2.45) is 4.99 Å². The van der Waals surface area contributed by atoms with Crippen molar-refractivity contribution < 1.29 is 9.53 Å². The van der Waals surface area contributed by atoms with E-state index in [1.165, 1.54) is 0 Å². The lowest BCUT2D eigenvalue weighted by Gasteiger charge is -2.21. The number of aliphatic imine (C=N–C) groups is 1. The summed E-state index contributed by atoms with van der Waals surface area (Å²) in [7, 11) is 0. The van der Waals surface area contributed by atoms with Crippen LogP contribution in [0.3, 0.4) is 0 Å². The standard InChI is InChI=1S/C21H19BrClNO2/c1-20(2)16(19(25)21(3,4)26-20)12-24-18-11-14(7-10-17(18)22)13-5-8-15(23)9-6-13/h5-11H,1-4H3. The van der Waals surface area contributed by atoms with Gasteiger partial charge in [0.15, 0.2) is 0 Å². The van der Waals surface area contributed by atoms with Crippen molar-refractivity contribution in [2.75, 3.05) is 0 Å². The molecule has 0 aromatic heterocycles. The molecule has 0 N–H and O–H groups in total. The van der Waals surface area contributed by atoms with Gasteiger partial charge in [0.25, 0.3) is 0 Å². The first-order valence-electron chi connectivity index (χ1n) is 8.25. The number of halogens is 2. The van der Waals surface area contributed by atoms with E-state index in [9.17, 15) is 4.79 Å². The Bertz CT molecular complexity index is 939. The zero-order valence-electron chi connectivity index (χ0n) is 15.1. The van der Waals surface area contributed by atoms with E-state index in [0.29, 0.717) is 16.3 Å². The van der Waals surface area contributed by atoms with Gasteiger partial charge in [0, 0.05) is 9.50 Å². The lowest BCUT2D eigenvalue weighted by atomic mass is 9.94. The number of nitrogens with zero attached hydrogens (tertiary/aromatic N) is 1. The average Bonchev–Trinajstić information content (AvgIpc) is 2.71. The van der Waals surface area contributed by atoms with E-state index >= 15 is 0 Å². The van der Waals surface area contributed by atoms with E-state index in [2.05, 4.69) is 26.8 Å². The van der Waals surface area contributed by atoms with E-state index in [1.807, 2.05) is 56.3 Å². The van der Waals surface area contributed by atoms with Crippen LogP contribution in [0.25, 0.3) is 11.1 Å². The first kappa shape index (κ1) is 19.1. The Morgan fingerprint density at radius 1 is 1.00 bits per heavy atom. The second kappa shape index (κ2) is 6.79. The molecule has 3 nitrogen and oxygen atoms in total. The van der Waals surface area contributed by atoms with E-state index in [4.69, 9.17) is 16.3 Å². The molecular weight excluding hydrogens is 414 g/mol. The van der Waals surface area contributed by atoms with Crippen LogP contribution in [0.4, 0.5) is 5.69 Å². The van der Waals surface area contributed by atoms with E-state index in [1.54, 1.807) is 13.8 Å². The fraction of sp³-hybridized carbons (Fsp3) is 0.286. The fourth-order valence-corrected chi connectivity index (χ4v) is 3.49. The van der Waals surface area contributed by atoms with Gasteiger partial charge in [-0.25, -0.2) is 4.99 Å². The molecule has 0 aliphatic carbocycles. The molecule has 1 heterocycles. The summed E-state index contributed by atoms with van der Waals surface area (Å²) in [5.41, 5.74) is 1.61. The van der Waals surface area contributed by atoms with Crippen LogP contribution in [0, 0.1) is 0 Å². The molecule has 0 unspecified atom stereocenters. The second-order valence-electron chi connectivity index (χ2n) is 7.22. The molecule has 1 saturated heterocycles. The van der Waals surface area contributed by atoms with Gasteiger partial charge in [-0.15, -0.1) is 0 Å². The van der Waals surface area contributed by atoms with Crippen LogP contribution < -0.4 is 0 Å². The number of carbonyl (C=O) groups is 1. The summed E-state index contributed by atoms with van der Waals surface area (Å²) < 4.78 is 6.68. The number of hydrogen-bond acceptors (Lipinski definition) is 3. The van der Waals surface area contributed by atoms with E-state index in [0.717, 1.165) is 15.6 Å². The first-order chi connectivity index (χ1) is 12.1. The molecule has 0 bridgehead atoms. The molecule has 134 valence electrons. The van der Waals surface area contributed by atoms with E-state index in [-0.39, 0.29) is 5.78 Å². The van der Waals surface area contributed by atoms with Gasteiger partial charge in [0.1, 0.15) is 11.2 Å². The molecular formula is C21H19BrClNO2. The molecule has 26 heavy (non-hydrogen) atoms. The normalized spacial score (nSPS) is 17.9. The molecule has 2 aromatic rings. The molecule has 0 amide bonds. The van der Waals surface area contributed by atoms with Gasteiger partial charge in [-0.05, 0) is 84.9 Å². The van der Waals surface area contributed by atoms with Crippen molar-refractivity contribution in [3.63, 3.8) is 0 Å². The number of rotatable bonds is 2. The number of carbonyl (C=O) groups excluding carboxylic acids is 1. The topological polar surface area (TPSA) is 38.7 Å². The molecule has 1 aliphatic rings. The maximum absolute atomic E-state index is 12.6. The fourth-order valence-electron chi connectivity index (χ4n) is 3.03. The highest BCUT2D eigenvalue weighted by Crippen LogP contribution is 2.38. The van der Waals surface area contributed by atoms with Crippen molar-refractivity contribution in [3.8, 4) is 11.1 Å². The van der Waals surface area contributed by atoms with Crippen LogP contribution >= 0.6 is 27.5 Å². The Hall–Kier alpha value is -1.71. The summed E-state index contributed by atoms with van der Waals surface area (Å²) in [5, 5.41) is 0.693. The maximum atomic E-state index is 12.6. The zero-order chi connectivity index (χ0) is 19.1. The minimum absolute atomic E-state index is 0.0868. The number of Topliss-reactive ketones (excluding diaryl/α,β-unsaturated/α-hetero) is 1. The Balaban J connectivity index is 2.05. The van der Waals surface area contributed by atoms with Crippen molar-refractivity contribution in [1.29, 1.82) is 0 Å². The Kier molecular flexibility index (Phi) is 4.98. The number of hydrogen-bond donors (Lipinski definition) is 0. The van der Waals surface area contributed by atoms with Crippen LogP contribution in [-0.4, -0.2) is 22.9 Å². The largest absolute Gasteiger partial charge is 0.356 e. The SMILES string of the molecule is CC1(C)OC(C)(C)C(=C=Nc2cc(-c3ccc(Cl)cc3)ccc2Br)C1=O. The highest BCUT2D eigenvalue weighted by atomic mass is 79.9. The molecule has 2 aromatic carbocycles. The maximum Gasteiger partial charge on any atom is 0.202 e. The van der Waals surface area contributed by atoms with Gasteiger partial charge in [0.05, 0.1) is 11.3 Å². The lowest BCUT2D eigenvalue weighted by molar-refractivity contribution is -0.132. The van der Waals surface area contributed by atoms with Crippen LogP contribution in [-0.2, 0) is 9.53 Å². The van der Waals surface area contributed by atoms with Crippen LogP contribution in [0.2, 0.25) is 5.02 Å². The first-order valence-corrected chi connectivity index (χ1v) is 9.42. The van der Waals surface area contributed by atoms with Gasteiger partial charge < -0.3 is 4.74 Å². The highest BCUT2D eigenvalue weighted by molar-refractivity contribution is 9.10. The quantitative estimate of drug-likeness (QED) is 0.421. The summed E-state index contributed by atoms with van der Waals surface area (Å²) in [6, 6.07) is 13.5. The van der Waals surface area contributed by atoms with Gasteiger partial charge in [0.2, 0.25) is 5.78 Å². The molecule has 0 atom stereocenters. The van der Waals surface area contributed by atoms with Gasteiger partial charge in [-0.1, -0.05) is 29.8 Å². The Morgan fingerprint density at radius 3 is 2.19 bits per heavy atom. The summed E-state index contributed by atoms with van der Waals surface area (Å²) in [6.07, 6.45) is 0. The average molecular weight is 433 g/mol. The van der Waals surface area contributed by atoms with Crippen molar-refractivity contribution in [2.45, 2.75) is 38.9 Å². The summed E-state index contributed by atoms with van der Waals surface area (Å²) >= 11 is 9.47. The summed E-state index contributed by atoms with van der Waals surface area (Å²) in [6.45, 7) is 7.25. The molecule has 0 spiro atoms. The molecule has 5 heteroatoms.